The third kappa shape index (κ3) is 6.37. The van der Waals surface area contributed by atoms with Crippen LogP contribution >= 0.6 is 8.58 Å². The van der Waals surface area contributed by atoms with Gasteiger partial charge < -0.3 is 0 Å². The molecular formula is C11H19P. The minimum Gasteiger partial charge on any atom is -0.0887 e. The van der Waals surface area contributed by atoms with Gasteiger partial charge in [0.25, 0.3) is 0 Å². The Balaban J connectivity index is 3.81. The molecule has 0 aromatic carbocycles. The molecule has 0 aliphatic rings. The highest BCUT2D eigenvalue weighted by Crippen LogP contribution is 2.29. The fourth-order valence-electron chi connectivity index (χ4n) is 0.832. The number of rotatable bonds is 4. The van der Waals surface area contributed by atoms with Gasteiger partial charge in [-0.15, -0.1) is 0 Å². The fraction of sp³-hybridized carbons (Fsp3) is 0.455. The van der Waals surface area contributed by atoms with Gasteiger partial charge in [0.05, 0.1) is 0 Å². The van der Waals surface area contributed by atoms with E-state index in [1.165, 1.54) is 5.31 Å². The number of hydrogen-bond acceptors (Lipinski definition) is 0. The summed E-state index contributed by atoms with van der Waals surface area (Å²) in [5.74, 6) is 0. The highest BCUT2D eigenvalue weighted by molar-refractivity contribution is 7.44. The molecule has 1 heteroatoms. The summed E-state index contributed by atoms with van der Waals surface area (Å²) in [6, 6.07) is 0. The van der Waals surface area contributed by atoms with E-state index in [2.05, 4.69) is 51.2 Å². The molecule has 0 nitrogen and oxygen atoms in total. The normalized spacial score (nSPS) is 17.2. The van der Waals surface area contributed by atoms with E-state index in [-0.39, 0.29) is 0 Å². The Hall–Kier alpha value is -0.350. The van der Waals surface area contributed by atoms with Crippen LogP contribution in [0.4, 0.5) is 0 Å². The Morgan fingerprint density at radius 2 is 1.92 bits per heavy atom. The molecule has 0 saturated heterocycles. The first-order valence-electron chi connectivity index (χ1n) is 4.39. The van der Waals surface area contributed by atoms with Crippen molar-refractivity contribution < 1.29 is 0 Å². The van der Waals surface area contributed by atoms with Crippen LogP contribution in [0, 0.1) is 0 Å². The Labute approximate surface area is 78.2 Å². The van der Waals surface area contributed by atoms with Gasteiger partial charge in [0.1, 0.15) is 0 Å². The summed E-state index contributed by atoms with van der Waals surface area (Å²) in [4.78, 5) is 0. The molecule has 12 heavy (non-hydrogen) atoms. The predicted molar refractivity (Wildman–Crippen MR) is 61.2 cm³/mol. The van der Waals surface area contributed by atoms with Crippen molar-refractivity contribution in [2.24, 2.45) is 0 Å². The molecule has 0 amide bonds. The van der Waals surface area contributed by atoms with E-state index < -0.39 is 0 Å². The zero-order chi connectivity index (χ0) is 9.40. The molecule has 68 valence electrons. The third-order valence-corrected chi connectivity index (χ3v) is 2.98. The monoisotopic (exact) mass is 182 g/mol. The fourth-order valence-corrected chi connectivity index (χ4v) is 1.92. The lowest BCUT2D eigenvalue weighted by Gasteiger charge is -2.05. The Kier molecular flexibility index (Phi) is 7.09. The minimum absolute atomic E-state index is 0.678. The van der Waals surface area contributed by atoms with Crippen LogP contribution in [0.5, 0.6) is 0 Å². The lowest BCUT2D eigenvalue weighted by molar-refractivity contribution is 1.23. The summed E-state index contributed by atoms with van der Waals surface area (Å²) in [5, 5.41) is 1.49. The van der Waals surface area contributed by atoms with Crippen molar-refractivity contribution in [2.45, 2.75) is 33.4 Å². The smallest absolute Gasteiger partial charge is 0.00453 e. The van der Waals surface area contributed by atoms with Gasteiger partial charge in [-0.25, -0.2) is 0 Å². The summed E-state index contributed by atoms with van der Waals surface area (Å²) >= 11 is 0. The second kappa shape index (κ2) is 7.31. The molecule has 0 bridgehead atoms. The summed E-state index contributed by atoms with van der Waals surface area (Å²) in [5.41, 5.74) is 0.678. The maximum absolute atomic E-state index is 2.26. The molecule has 0 aromatic rings. The molecule has 2 atom stereocenters. The molecule has 0 aromatic heterocycles. The van der Waals surface area contributed by atoms with Crippen LogP contribution in [0.1, 0.15) is 27.7 Å². The van der Waals surface area contributed by atoms with Crippen molar-refractivity contribution in [1.82, 2.24) is 0 Å². The minimum atomic E-state index is 0.678. The first-order valence-corrected chi connectivity index (χ1v) is 5.47. The first-order chi connectivity index (χ1) is 5.70. The molecule has 0 fully saturated rings. The van der Waals surface area contributed by atoms with Crippen LogP contribution in [-0.4, -0.2) is 5.66 Å². The zero-order valence-electron chi connectivity index (χ0n) is 8.46. The van der Waals surface area contributed by atoms with E-state index in [1.807, 2.05) is 6.92 Å². The summed E-state index contributed by atoms with van der Waals surface area (Å²) in [6.07, 6.45) is 10.7. The van der Waals surface area contributed by atoms with Crippen LogP contribution in [0.3, 0.4) is 0 Å². The van der Waals surface area contributed by atoms with Gasteiger partial charge in [0, 0.05) is 0 Å². The average Bonchev–Trinajstić information content (AvgIpc) is 2.05. The van der Waals surface area contributed by atoms with Crippen molar-refractivity contribution in [3.05, 3.63) is 35.7 Å². The Morgan fingerprint density at radius 1 is 1.25 bits per heavy atom. The molecule has 0 heterocycles. The maximum atomic E-state index is 2.26. The lowest BCUT2D eigenvalue weighted by atomic mass is 10.4. The van der Waals surface area contributed by atoms with E-state index in [0.717, 1.165) is 8.58 Å². The topological polar surface area (TPSA) is 0 Å². The van der Waals surface area contributed by atoms with Crippen molar-refractivity contribution in [2.75, 3.05) is 0 Å². The third-order valence-electron chi connectivity index (χ3n) is 1.59. The average molecular weight is 182 g/mol. The highest BCUT2D eigenvalue weighted by Gasteiger charge is 1.95. The highest BCUT2D eigenvalue weighted by atomic mass is 31.1. The molecule has 2 unspecified atom stereocenters. The Morgan fingerprint density at radius 3 is 2.42 bits per heavy atom. The summed E-state index contributed by atoms with van der Waals surface area (Å²) in [7, 11) is 0.931. The molecule has 0 N–H and O–H groups in total. The number of allylic oxidation sites excluding steroid dienone is 6. The first kappa shape index (κ1) is 11.6. The van der Waals surface area contributed by atoms with Gasteiger partial charge in [0.15, 0.2) is 0 Å². The molecule has 0 aliphatic carbocycles. The van der Waals surface area contributed by atoms with Crippen LogP contribution in [0.2, 0.25) is 0 Å². The quantitative estimate of drug-likeness (QED) is 0.453. The van der Waals surface area contributed by atoms with E-state index >= 15 is 0 Å². The maximum Gasteiger partial charge on any atom is -0.00453 e. The van der Waals surface area contributed by atoms with Gasteiger partial charge in [-0.05, 0) is 26.4 Å². The van der Waals surface area contributed by atoms with Crippen molar-refractivity contribution in [3.63, 3.8) is 0 Å². The SMILES string of the molecule is C/C=C\C=C/C(C)P/C(C)=C\C. The van der Waals surface area contributed by atoms with Crippen molar-refractivity contribution >= 4 is 8.58 Å². The zero-order valence-corrected chi connectivity index (χ0v) is 9.46. The second-order valence-electron chi connectivity index (χ2n) is 2.82. The summed E-state index contributed by atoms with van der Waals surface area (Å²) in [6.45, 7) is 8.59. The number of hydrogen-bond donors (Lipinski definition) is 0. The summed E-state index contributed by atoms with van der Waals surface area (Å²) < 4.78 is 0. The van der Waals surface area contributed by atoms with E-state index in [9.17, 15) is 0 Å². The molecule has 0 rings (SSSR count). The standard InChI is InChI=1S/C11H19P/c1-5-7-8-9-11(4)12-10(3)6-2/h5-9,11-12H,1-4H3/b7-5-,9-8-,10-6-. The molecule has 0 saturated carbocycles. The molecule has 0 spiro atoms. The second-order valence-corrected chi connectivity index (χ2v) is 4.80. The van der Waals surface area contributed by atoms with E-state index in [1.54, 1.807) is 0 Å². The van der Waals surface area contributed by atoms with Crippen molar-refractivity contribution in [3.8, 4) is 0 Å². The molecule has 0 radical (unpaired) electrons. The van der Waals surface area contributed by atoms with Gasteiger partial charge in [-0.2, -0.15) is 0 Å². The molecule has 0 aliphatic heterocycles. The molecular weight excluding hydrogens is 163 g/mol. The van der Waals surface area contributed by atoms with Crippen LogP contribution in [-0.2, 0) is 0 Å². The van der Waals surface area contributed by atoms with E-state index in [0.29, 0.717) is 5.66 Å². The van der Waals surface area contributed by atoms with Gasteiger partial charge >= 0.3 is 0 Å². The van der Waals surface area contributed by atoms with Gasteiger partial charge in [0.2, 0.25) is 0 Å². The Bertz CT molecular complexity index is 187. The van der Waals surface area contributed by atoms with Gasteiger partial charge in [-0.3, -0.25) is 0 Å². The lowest BCUT2D eigenvalue weighted by Crippen LogP contribution is -1.85. The largest absolute Gasteiger partial charge is 0.0887 e. The van der Waals surface area contributed by atoms with Crippen molar-refractivity contribution in [1.29, 1.82) is 0 Å². The van der Waals surface area contributed by atoms with Crippen LogP contribution in [0.15, 0.2) is 35.7 Å². The van der Waals surface area contributed by atoms with E-state index in [4.69, 9.17) is 0 Å². The van der Waals surface area contributed by atoms with Crippen LogP contribution in [0.25, 0.3) is 0 Å². The van der Waals surface area contributed by atoms with Gasteiger partial charge in [-0.1, -0.05) is 51.2 Å². The predicted octanol–water partition coefficient (Wildman–Crippen LogP) is 4.11. The van der Waals surface area contributed by atoms with Crippen LogP contribution < -0.4 is 0 Å².